The maximum absolute atomic E-state index is 10.00. The zero-order valence-electron chi connectivity index (χ0n) is 5.74. The van der Waals surface area contributed by atoms with Gasteiger partial charge >= 0.3 is 29.6 Å². The van der Waals surface area contributed by atoms with Crippen LogP contribution in [0, 0.1) is 0 Å². The summed E-state index contributed by atoms with van der Waals surface area (Å²) < 4.78 is 4.61. The number of carbonyl (C=O) groups excluding carboxylic acids is 1. The Morgan fingerprint density at radius 3 is 2.50 bits per heavy atom. The molecule has 0 aromatic rings. The molecular weight excluding hydrogens is 147 g/mol. The van der Waals surface area contributed by atoms with E-state index in [1.54, 1.807) is 0 Å². The van der Waals surface area contributed by atoms with Crippen LogP contribution in [0.25, 0.3) is 0 Å². The molecule has 1 aliphatic heterocycles. The van der Waals surface area contributed by atoms with Gasteiger partial charge in [-0.25, -0.2) is 0 Å². The van der Waals surface area contributed by atoms with Crippen LogP contribution in [0.2, 0.25) is 0 Å². The Kier molecular flexibility index (Phi) is 4.47. The summed E-state index contributed by atoms with van der Waals surface area (Å²) in [5.74, 6) is -1.24. The average molecular weight is 154 g/mol. The van der Waals surface area contributed by atoms with Gasteiger partial charge in [0.15, 0.2) is 0 Å². The molecule has 0 spiro atoms. The monoisotopic (exact) mass is 154 g/mol. The van der Waals surface area contributed by atoms with E-state index in [4.69, 9.17) is 5.11 Å². The van der Waals surface area contributed by atoms with Crippen LogP contribution in [-0.2, 0) is 9.53 Å². The van der Waals surface area contributed by atoms with Gasteiger partial charge in [-0.05, 0) is 0 Å². The maximum Gasteiger partial charge on any atom is 1.00 e. The third-order valence-electron chi connectivity index (χ3n) is 1.24. The fourth-order valence-corrected chi connectivity index (χ4v) is 0.775. The van der Waals surface area contributed by atoms with E-state index in [9.17, 15) is 9.90 Å². The summed E-state index contributed by atoms with van der Waals surface area (Å²) in [7, 11) is 0. The first-order valence-electron chi connectivity index (χ1n) is 2.70. The maximum atomic E-state index is 10.00. The standard InChI is InChI=1S/C5H8O4.Na/c6-3-1-4(5(7)8)9-2-3;/h3-4,6H,1-2H2,(H,7,8);/q;+1/p-1. The van der Waals surface area contributed by atoms with E-state index in [1.165, 1.54) is 0 Å². The Hall–Kier alpha value is 0.390. The molecule has 0 aromatic carbocycles. The van der Waals surface area contributed by atoms with Gasteiger partial charge in [0.25, 0.3) is 0 Å². The van der Waals surface area contributed by atoms with Crippen LogP contribution in [0.4, 0.5) is 0 Å². The van der Waals surface area contributed by atoms with Gasteiger partial charge in [-0.15, -0.1) is 0 Å². The summed E-state index contributed by atoms with van der Waals surface area (Å²) in [6.45, 7) is 0.110. The van der Waals surface area contributed by atoms with Crippen LogP contribution in [0.3, 0.4) is 0 Å². The molecule has 1 fully saturated rings. The van der Waals surface area contributed by atoms with Crippen molar-refractivity contribution in [3.63, 3.8) is 0 Å². The Morgan fingerprint density at radius 2 is 2.30 bits per heavy atom. The molecular formula is C5H7NaO4. The number of carboxylic acid groups (broad SMARTS) is 1. The van der Waals surface area contributed by atoms with Crippen molar-refractivity contribution in [2.24, 2.45) is 0 Å². The minimum absolute atomic E-state index is 0. The summed E-state index contributed by atoms with van der Waals surface area (Å²) in [6.07, 6.45) is -1.38. The van der Waals surface area contributed by atoms with Gasteiger partial charge in [-0.2, -0.15) is 0 Å². The van der Waals surface area contributed by atoms with E-state index in [1.807, 2.05) is 0 Å². The topological polar surface area (TPSA) is 69.6 Å². The fraction of sp³-hybridized carbons (Fsp3) is 0.800. The molecule has 52 valence electrons. The first kappa shape index (κ1) is 10.4. The van der Waals surface area contributed by atoms with Gasteiger partial charge in [0.05, 0.1) is 24.8 Å². The van der Waals surface area contributed by atoms with E-state index in [-0.39, 0.29) is 42.6 Å². The molecule has 0 bridgehead atoms. The number of carboxylic acids is 1. The molecule has 0 aromatic heterocycles. The van der Waals surface area contributed by atoms with Gasteiger partial charge in [0.1, 0.15) is 0 Å². The van der Waals surface area contributed by atoms with Crippen LogP contribution in [0.15, 0.2) is 0 Å². The smallest absolute Gasteiger partial charge is 0.547 e. The average Bonchev–Trinajstić information content (AvgIpc) is 2.14. The Balaban J connectivity index is 0.000000810. The van der Waals surface area contributed by atoms with E-state index in [0.29, 0.717) is 0 Å². The number of aliphatic hydroxyl groups is 1. The molecule has 0 saturated carbocycles. The molecule has 0 radical (unpaired) electrons. The summed E-state index contributed by atoms with van der Waals surface area (Å²) in [6, 6.07) is 0. The zero-order valence-corrected chi connectivity index (χ0v) is 7.74. The summed E-state index contributed by atoms with van der Waals surface area (Å²) >= 11 is 0. The zero-order chi connectivity index (χ0) is 6.85. The predicted molar refractivity (Wildman–Crippen MR) is 25.4 cm³/mol. The second-order valence-electron chi connectivity index (χ2n) is 2.03. The SMILES string of the molecule is O=C([O-])C1CC(O)CO1.[Na+]. The van der Waals surface area contributed by atoms with Gasteiger partial charge in [-0.3, -0.25) is 0 Å². The number of aliphatic carboxylic acids is 1. The summed E-state index contributed by atoms with van der Waals surface area (Å²) in [5.41, 5.74) is 0. The van der Waals surface area contributed by atoms with Gasteiger partial charge in [0, 0.05) is 6.42 Å². The molecule has 0 aliphatic carbocycles. The fourth-order valence-electron chi connectivity index (χ4n) is 0.775. The number of carbonyl (C=O) groups is 1. The molecule has 2 atom stereocenters. The van der Waals surface area contributed by atoms with Crippen LogP contribution >= 0.6 is 0 Å². The number of aliphatic hydroxyl groups excluding tert-OH is 1. The van der Waals surface area contributed by atoms with Crippen molar-refractivity contribution in [3.8, 4) is 0 Å². The van der Waals surface area contributed by atoms with E-state index >= 15 is 0 Å². The van der Waals surface area contributed by atoms with Crippen LogP contribution in [0.1, 0.15) is 6.42 Å². The van der Waals surface area contributed by atoms with Crippen molar-refractivity contribution in [2.45, 2.75) is 18.6 Å². The molecule has 1 heterocycles. The van der Waals surface area contributed by atoms with E-state index in [0.717, 1.165) is 0 Å². The largest absolute Gasteiger partial charge is 1.00 e. The van der Waals surface area contributed by atoms with Crippen molar-refractivity contribution in [2.75, 3.05) is 6.61 Å². The van der Waals surface area contributed by atoms with Crippen molar-refractivity contribution in [1.29, 1.82) is 0 Å². The Bertz CT molecular complexity index is 127. The van der Waals surface area contributed by atoms with Crippen LogP contribution < -0.4 is 34.7 Å². The predicted octanol–water partition coefficient (Wildman–Crippen LogP) is -5.11. The first-order valence-corrected chi connectivity index (χ1v) is 2.70. The molecule has 2 unspecified atom stereocenters. The van der Waals surface area contributed by atoms with Crippen LogP contribution in [0.5, 0.6) is 0 Å². The molecule has 1 saturated heterocycles. The van der Waals surface area contributed by atoms with Gasteiger partial charge in [0.2, 0.25) is 0 Å². The molecule has 1 rings (SSSR count). The minimum atomic E-state index is -1.24. The second-order valence-corrected chi connectivity index (χ2v) is 2.03. The molecule has 0 amide bonds. The van der Waals surface area contributed by atoms with E-state index < -0.39 is 18.2 Å². The van der Waals surface area contributed by atoms with Gasteiger partial charge < -0.3 is 19.7 Å². The van der Waals surface area contributed by atoms with Gasteiger partial charge in [-0.1, -0.05) is 0 Å². The minimum Gasteiger partial charge on any atom is -0.547 e. The Morgan fingerprint density at radius 1 is 1.70 bits per heavy atom. The number of hydrogen-bond donors (Lipinski definition) is 1. The third kappa shape index (κ3) is 2.56. The third-order valence-corrected chi connectivity index (χ3v) is 1.24. The quantitative estimate of drug-likeness (QED) is 0.383. The summed E-state index contributed by atoms with van der Waals surface area (Å²) in [5, 5.41) is 18.7. The molecule has 5 heteroatoms. The molecule has 10 heavy (non-hydrogen) atoms. The molecule has 1 N–H and O–H groups in total. The van der Waals surface area contributed by atoms with Crippen molar-refractivity contribution in [3.05, 3.63) is 0 Å². The molecule has 4 nitrogen and oxygen atoms in total. The van der Waals surface area contributed by atoms with Crippen molar-refractivity contribution >= 4 is 5.97 Å². The normalized spacial score (nSPS) is 31.3. The Labute approximate surface area is 80.5 Å². The molecule has 1 aliphatic rings. The second kappa shape index (κ2) is 4.31. The number of ether oxygens (including phenoxy) is 1. The number of rotatable bonds is 1. The summed E-state index contributed by atoms with van der Waals surface area (Å²) in [4.78, 5) is 10.00. The first-order chi connectivity index (χ1) is 4.20. The van der Waals surface area contributed by atoms with Crippen molar-refractivity contribution in [1.82, 2.24) is 0 Å². The van der Waals surface area contributed by atoms with Crippen LogP contribution in [-0.4, -0.2) is 29.9 Å². The van der Waals surface area contributed by atoms with Crippen molar-refractivity contribution < 1.29 is 49.3 Å². The number of hydrogen-bond acceptors (Lipinski definition) is 4. The van der Waals surface area contributed by atoms with E-state index in [2.05, 4.69) is 4.74 Å².